The van der Waals surface area contributed by atoms with Gasteiger partial charge < -0.3 is 20.7 Å². The largest absolute Gasteiger partial charge is 0.482 e. The van der Waals surface area contributed by atoms with Crippen LogP contribution >= 0.6 is 0 Å². The highest BCUT2D eigenvalue weighted by molar-refractivity contribution is 5.97. The standard InChI is InChI=1S/C21H21FN8O/c1-11-14-8-13(22)5-6-15(14)26-21(29(2)3)27-20-18(16(9-23)30(4)28-20)12-7-17(31-11)19(24)25-10-12/h5-8,10-11H,1-4H3,(H2,24,25)(H,26,27,28). The molecule has 2 aromatic heterocycles. The van der Waals surface area contributed by atoms with Crippen LogP contribution in [0.25, 0.3) is 11.1 Å². The van der Waals surface area contributed by atoms with Gasteiger partial charge in [0.05, 0.1) is 5.56 Å². The van der Waals surface area contributed by atoms with Gasteiger partial charge >= 0.3 is 0 Å². The summed E-state index contributed by atoms with van der Waals surface area (Å²) in [6.07, 6.45) is 0.996. The van der Waals surface area contributed by atoms with Crippen LogP contribution in [0.5, 0.6) is 5.75 Å². The SMILES string of the molecule is CC1Oc2cc(cnc2N)-c2c(nn(C)c2C#N)N=C(N(C)C)Nc2ccc(F)cc21. The first kappa shape index (κ1) is 20.2. The maximum Gasteiger partial charge on any atom is 0.204 e. The lowest BCUT2D eigenvalue weighted by atomic mass is 10.1. The first-order valence-corrected chi connectivity index (χ1v) is 9.50. The molecular weight excluding hydrogens is 399 g/mol. The molecule has 1 aliphatic rings. The molecule has 0 saturated carbocycles. The molecule has 2 bridgehead atoms. The van der Waals surface area contributed by atoms with Crippen molar-refractivity contribution in [3.63, 3.8) is 0 Å². The van der Waals surface area contributed by atoms with E-state index < -0.39 is 11.9 Å². The number of hydrogen-bond acceptors (Lipinski definition) is 8. The van der Waals surface area contributed by atoms with Gasteiger partial charge in [0.25, 0.3) is 0 Å². The highest BCUT2D eigenvalue weighted by Crippen LogP contribution is 2.38. The molecule has 4 rings (SSSR count). The Bertz CT molecular complexity index is 1240. The normalized spacial score (nSPS) is 15.1. The van der Waals surface area contributed by atoms with E-state index in [1.807, 2.05) is 14.1 Å². The van der Waals surface area contributed by atoms with Crippen molar-refractivity contribution in [3.05, 3.63) is 47.5 Å². The van der Waals surface area contributed by atoms with Crippen LogP contribution in [0.15, 0.2) is 35.5 Å². The molecule has 1 unspecified atom stereocenters. The number of aliphatic imine (C=N–C) groups is 1. The number of benzene rings is 1. The second-order valence-corrected chi connectivity index (χ2v) is 7.34. The zero-order valence-electron chi connectivity index (χ0n) is 17.5. The Labute approximate surface area is 178 Å². The molecular formula is C21H21FN8O. The van der Waals surface area contributed by atoms with Gasteiger partial charge in [-0.15, -0.1) is 0 Å². The molecule has 0 radical (unpaired) electrons. The summed E-state index contributed by atoms with van der Waals surface area (Å²) in [4.78, 5) is 10.7. The number of hydrogen-bond donors (Lipinski definition) is 2. The third-order valence-corrected chi connectivity index (χ3v) is 4.94. The average molecular weight is 420 g/mol. The van der Waals surface area contributed by atoms with Gasteiger partial charge in [-0.05, 0) is 31.2 Å². The number of nitrogens with one attached hydrogen (secondary N) is 1. The van der Waals surface area contributed by atoms with Crippen LogP contribution in [0.2, 0.25) is 0 Å². The lowest BCUT2D eigenvalue weighted by molar-refractivity contribution is 0.228. The zero-order chi connectivity index (χ0) is 22.3. The van der Waals surface area contributed by atoms with Gasteiger partial charge in [0, 0.05) is 44.2 Å². The minimum Gasteiger partial charge on any atom is -0.482 e. The number of aryl methyl sites for hydroxylation is 1. The van der Waals surface area contributed by atoms with Crippen LogP contribution in [-0.2, 0) is 7.05 Å². The molecule has 0 amide bonds. The Morgan fingerprint density at radius 3 is 2.81 bits per heavy atom. The number of nitrogens with zero attached hydrogens (tertiary/aromatic N) is 6. The van der Waals surface area contributed by atoms with Crippen LogP contribution in [0, 0.1) is 17.1 Å². The summed E-state index contributed by atoms with van der Waals surface area (Å²) in [6, 6.07) is 8.24. The van der Waals surface area contributed by atoms with Crippen LogP contribution in [0.4, 0.5) is 21.7 Å². The van der Waals surface area contributed by atoms with Gasteiger partial charge in [-0.3, -0.25) is 4.68 Å². The lowest BCUT2D eigenvalue weighted by Crippen LogP contribution is -2.30. The third-order valence-electron chi connectivity index (χ3n) is 4.94. The summed E-state index contributed by atoms with van der Waals surface area (Å²) in [6.45, 7) is 1.79. The third kappa shape index (κ3) is 3.61. The molecule has 1 atom stereocenters. The zero-order valence-corrected chi connectivity index (χ0v) is 17.5. The number of guanidine groups is 1. The summed E-state index contributed by atoms with van der Waals surface area (Å²) >= 11 is 0. The maximum absolute atomic E-state index is 14.1. The molecule has 31 heavy (non-hydrogen) atoms. The number of nitriles is 1. The van der Waals surface area contributed by atoms with E-state index in [-0.39, 0.29) is 5.82 Å². The van der Waals surface area contributed by atoms with Crippen molar-refractivity contribution < 1.29 is 9.13 Å². The minimum absolute atomic E-state index is 0.181. The van der Waals surface area contributed by atoms with Crippen LogP contribution in [0.1, 0.15) is 24.3 Å². The van der Waals surface area contributed by atoms with Crippen molar-refractivity contribution in [2.75, 3.05) is 25.1 Å². The molecule has 0 aliphatic carbocycles. The number of rotatable bonds is 0. The maximum atomic E-state index is 14.1. The molecule has 3 N–H and O–H groups in total. The summed E-state index contributed by atoms with van der Waals surface area (Å²) < 4.78 is 21.6. The second-order valence-electron chi connectivity index (χ2n) is 7.34. The number of anilines is 2. The fraction of sp³-hybridized carbons (Fsp3) is 0.238. The highest BCUT2D eigenvalue weighted by atomic mass is 19.1. The molecule has 9 nitrogen and oxygen atoms in total. The van der Waals surface area contributed by atoms with Gasteiger partial charge in [0.15, 0.2) is 17.4 Å². The fourth-order valence-electron chi connectivity index (χ4n) is 3.37. The summed E-state index contributed by atoms with van der Waals surface area (Å²) in [5.41, 5.74) is 8.65. The molecule has 0 saturated heterocycles. The Kier molecular flexibility index (Phi) is 4.94. The van der Waals surface area contributed by atoms with Crippen LogP contribution in [-0.4, -0.2) is 39.7 Å². The monoisotopic (exact) mass is 420 g/mol. The van der Waals surface area contributed by atoms with Gasteiger partial charge in [-0.25, -0.2) is 9.37 Å². The molecule has 3 heterocycles. The van der Waals surface area contributed by atoms with E-state index in [1.165, 1.54) is 16.8 Å². The van der Waals surface area contributed by atoms with Gasteiger partial charge in [0.2, 0.25) is 5.96 Å². The van der Waals surface area contributed by atoms with E-state index in [4.69, 9.17) is 10.5 Å². The number of pyridine rings is 1. The van der Waals surface area contributed by atoms with E-state index in [0.717, 1.165) is 0 Å². The Morgan fingerprint density at radius 1 is 1.32 bits per heavy atom. The Hall–Kier alpha value is -4.13. The molecule has 1 aromatic carbocycles. The number of nitrogen functional groups attached to an aromatic ring is 1. The van der Waals surface area contributed by atoms with E-state index in [9.17, 15) is 9.65 Å². The predicted molar refractivity (Wildman–Crippen MR) is 115 cm³/mol. The van der Waals surface area contributed by atoms with Gasteiger partial charge in [-0.1, -0.05) is 0 Å². The molecule has 0 spiro atoms. The number of ether oxygens (including phenoxy) is 1. The first-order chi connectivity index (χ1) is 14.8. The van der Waals surface area contributed by atoms with E-state index in [0.29, 0.717) is 45.6 Å². The van der Waals surface area contributed by atoms with Crippen molar-refractivity contribution in [2.45, 2.75) is 13.0 Å². The molecule has 10 heteroatoms. The Balaban J connectivity index is 2.04. The van der Waals surface area contributed by atoms with Crippen LogP contribution < -0.4 is 15.8 Å². The van der Waals surface area contributed by atoms with Crippen molar-refractivity contribution in [2.24, 2.45) is 12.0 Å². The first-order valence-electron chi connectivity index (χ1n) is 9.50. The van der Waals surface area contributed by atoms with E-state index in [2.05, 4.69) is 26.5 Å². The smallest absolute Gasteiger partial charge is 0.204 e. The van der Waals surface area contributed by atoms with Gasteiger partial charge in [-0.2, -0.15) is 15.4 Å². The predicted octanol–water partition coefficient (Wildman–Crippen LogP) is 3.19. The summed E-state index contributed by atoms with van der Waals surface area (Å²) in [5.74, 6) is 0.881. The van der Waals surface area contributed by atoms with Crippen molar-refractivity contribution in [1.29, 1.82) is 5.26 Å². The van der Waals surface area contributed by atoms with E-state index >= 15 is 0 Å². The number of aromatic nitrogens is 3. The average Bonchev–Trinajstić information content (AvgIpc) is 3.04. The van der Waals surface area contributed by atoms with Crippen molar-refractivity contribution in [3.8, 4) is 22.9 Å². The van der Waals surface area contributed by atoms with Crippen LogP contribution in [0.3, 0.4) is 0 Å². The van der Waals surface area contributed by atoms with Gasteiger partial charge in [0.1, 0.15) is 23.7 Å². The quantitative estimate of drug-likeness (QED) is 0.573. The fourth-order valence-corrected chi connectivity index (χ4v) is 3.37. The highest BCUT2D eigenvalue weighted by Gasteiger charge is 2.23. The lowest BCUT2D eigenvalue weighted by Gasteiger charge is -2.23. The minimum atomic E-state index is -0.552. The second kappa shape index (κ2) is 7.60. The summed E-state index contributed by atoms with van der Waals surface area (Å²) in [7, 11) is 5.30. The molecule has 3 aromatic rings. The topological polar surface area (TPSA) is 117 Å². The number of nitrogens with two attached hydrogens (primary N) is 1. The molecule has 1 aliphatic heterocycles. The number of halogens is 1. The summed E-state index contributed by atoms with van der Waals surface area (Å²) in [5, 5.41) is 17.4. The van der Waals surface area contributed by atoms with Crippen molar-refractivity contribution in [1.82, 2.24) is 19.7 Å². The molecule has 0 fully saturated rings. The van der Waals surface area contributed by atoms with E-state index in [1.54, 1.807) is 37.2 Å². The molecule has 158 valence electrons. The Morgan fingerprint density at radius 2 is 2.10 bits per heavy atom. The van der Waals surface area contributed by atoms with Crippen molar-refractivity contribution >= 4 is 23.3 Å². The number of fused-ring (bicyclic) bond motifs is 5.